The predicted octanol–water partition coefficient (Wildman–Crippen LogP) is 3.19. The molecule has 0 spiro atoms. The van der Waals surface area contributed by atoms with E-state index in [-0.39, 0.29) is 12.4 Å². The molecular formula is C13H13ClO3. The van der Waals surface area contributed by atoms with Gasteiger partial charge < -0.3 is 9.15 Å². The van der Waals surface area contributed by atoms with Crippen LogP contribution >= 0.6 is 11.6 Å². The maximum absolute atomic E-state index is 11.6. The average molecular weight is 253 g/mol. The summed E-state index contributed by atoms with van der Waals surface area (Å²) in [6.45, 7) is 3.88. The Labute approximate surface area is 104 Å². The van der Waals surface area contributed by atoms with Crippen LogP contribution in [0.15, 0.2) is 39.5 Å². The average Bonchev–Trinajstić information content (AvgIpc) is 2.25. The van der Waals surface area contributed by atoms with E-state index in [0.717, 1.165) is 5.39 Å². The van der Waals surface area contributed by atoms with E-state index in [9.17, 15) is 4.79 Å². The monoisotopic (exact) mass is 252 g/mol. The third-order valence-corrected chi connectivity index (χ3v) is 2.29. The molecule has 3 nitrogen and oxygen atoms in total. The highest BCUT2D eigenvalue weighted by Gasteiger charge is 2.16. The molecule has 4 heteroatoms. The molecule has 0 aliphatic heterocycles. The minimum atomic E-state index is -0.516. The Bertz CT molecular complexity index is 581. The van der Waals surface area contributed by atoms with Crippen molar-refractivity contribution in [2.24, 2.45) is 0 Å². The van der Waals surface area contributed by atoms with Gasteiger partial charge in [-0.2, -0.15) is 0 Å². The van der Waals surface area contributed by atoms with Crippen LogP contribution in [0.3, 0.4) is 0 Å². The molecule has 2 rings (SSSR count). The van der Waals surface area contributed by atoms with E-state index in [1.54, 1.807) is 12.1 Å². The lowest BCUT2D eigenvalue weighted by atomic mass is 10.2. The van der Waals surface area contributed by atoms with Crippen LogP contribution in [0.4, 0.5) is 0 Å². The SMILES string of the molecule is CC(C)(Cl)COc1cc2ccccc2oc1=O. The second kappa shape index (κ2) is 4.41. The van der Waals surface area contributed by atoms with E-state index >= 15 is 0 Å². The lowest BCUT2D eigenvalue weighted by molar-refractivity contribution is 0.272. The number of hydrogen-bond donors (Lipinski definition) is 0. The van der Waals surface area contributed by atoms with Gasteiger partial charge in [0.25, 0.3) is 0 Å². The lowest BCUT2D eigenvalue weighted by Crippen LogP contribution is -2.23. The van der Waals surface area contributed by atoms with Crippen molar-refractivity contribution in [3.05, 3.63) is 40.8 Å². The van der Waals surface area contributed by atoms with Gasteiger partial charge in [0, 0.05) is 5.39 Å². The molecule has 0 fully saturated rings. The second-order valence-corrected chi connectivity index (χ2v) is 5.47. The van der Waals surface area contributed by atoms with E-state index in [2.05, 4.69) is 0 Å². The summed E-state index contributed by atoms with van der Waals surface area (Å²) in [5.74, 6) is 0.192. The van der Waals surface area contributed by atoms with Crippen molar-refractivity contribution < 1.29 is 9.15 Å². The van der Waals surface area contributed by atoms with Gasteiger partial charge in [0.2, 0.25) is 5.75 Å². The first-order valence-corrected chi connectivity index (χ1v) is 5.68. The summed E-state index contributed by atoms with van der Waals surface area (Å²) in [6, 6.07) is 8.96. The Hall–Kier alpha value is -1.48. The highest BCUT2D eigenvalue weighted by atomic mass is 35.5. The van der Waals surface area contributed by atoms with Crippen molar-refractivity contribution >= 4 is 22.6 Å². The number of hydrogen-bond acceptors (Lipinski definition) is 3. The van der Waals surface area contributed by atoms with Gasteiger partial charge >= 0.3 is 5.63 Å². The minimum Gasteiger partial charge on any atom is -0.485 e. The van der Waals surface area contributed by atoms with Gasteiger partial charge in [0.1, 0.15) is 12.2 Å². The van der Waals surface area contributed by atoms with Crippen LogP contribution in [0.25, 0.3) is 11.0 Å². The van der Waals surface area contributed by atoms with Gasteiger partial charge in [-0.1, -0.05) is 18.2 Å². The van der Waals surface area contributed by atoms with E-state index in [1.807, 2.05) is 32.0 Å². The van der Waals surface area contributed by atoms with Gasteiger partial charge in [-0.15, -0.1) is 11.6 Å². The molecule has 0 radical (unpaired) electrons. The summed E-state index contributed by atoms with van der Waals surface area (Å²) in [7, 11) is 0. The fraction of sp³-hybridized carbons (Fsp3) is 0.308. The summed E-state index contributed by atoms with van der Waals surface area (Å²) < 4.78 is 10.5. The Kier molecular flexibility index (Phi) is 3.11. The highest BCUT2D eigenvalue weighted by Crippen LogP contribution is 2.19. The van der Waals surface area contributed by atoms with Crippen molar-refractivity contribution in [2.45, 2.75) is 18.7 Å². The molecule has 0 unspecified atom stereocenters. The number of alkyl halides is 1. The van der Waals surface area contributed by atoms with Gasteiger partial charge in [0.05, 0.1) is 4.87 Å². The van der Waals surface area contributed by atoms with E-state index < -0.39 is 10.5 Å². The second-order valence-electron chi connectivity index (χ2n) is 4.44. The summed E-state index contributed by atoms with van der Waals surface area (Å²) in [6.07, 6.45) is 0. The molecule has 90 valence electrons. The number of ether oxygens (including phenoxy) is 1. The zero-order valence-electron chi connectivity index (χ0n) is 9.70. The first kappa shape index (κ1) is 12.0. The van der Waals surface area contributed by atoms with Gasteiger partial charge in [-0.05, 0) is 26.0 Å². The lowest BCUT2D eigenvalue weighted by Gasteiger charge is -2.15. The zero-order valence-corrected chi connectivity index (χ0v) is 10.5. The van der Waals surface area contributed by atoms with Gasteiger partial charge in [-0.3, -0.25) is 0 Å². The molecule has 0 aliphatic carbocycles. The van der Waals surface area contributed by atoms with Crippen LogP contribution in [0, 0.1) is 0 Å². The van der Waals surface area contributed by atoms with Gasteiger partial charge in [0.15, 0.2) is 0 Å². The summed E-state index contributed by atoms with van der Waals surface area (Å²) in [5, 5.41) is 0.828. The Morgan fingerprint density at radius 1 is 1.35 bits per heavy atom. The Morgan fingerprint density at radius 2 is 2.06 bits per heavy atom. The van der Waals surface area contributed by atoms with Gasteiger partial charge in [-0.25, -0.2) is 4.79 Å². The van der Waals surface area contributed by atoms with Crippen LogP contribution in [0.5, 0.6) is 5.75 Å². The standard InChI is InChI=1S/C13H13ClO3/c1-13(2,14)8-16-11-7-9-5-3-4-6-10(9)17-12(11)15/h3-7H,8H2,1-2H3. The molecule has 17 heavy (non-hydrogen) atoms. The maximum atomic E-state index is 11.6. The van der Waals surface area contributed by atoms with Crippen molar-refractivity contribution in [1.82, 2.24) is 0 Å². The number of halogens is 1. The highest BCUT2D eigenvalue weighted by molar-refractivity contribution is 6.23. The van der Waals surface area contributed by atoms with Crippen molar-refractivity contribution in [3.63, 3.8) is 0 Å². The van der Waals surface area contributed by atoms with Crippen molar-refractivity contribution in [1.29, 1.82) is 0 Å². The van der Waals surface area contributed by atoms with Crippen LogP contribution in [0.1, 0.15) is 13.8 Å². The molecule has 1 aromatic heterocycles. The number of rotatable bonds is 3. The maximum Gasteiger partial charge on any atom is 0.379 e. The van der Waals surface area contributed by atoms with Crippen LogP contribution in [0.2, 0.25) is 0 Å². The molecule has 2 aromatic rings. The van der Waals surface area contributed by atoms with Crippen molar-refractivity contribution in [3.8, 4) is 5.75 Å². The summed E-state index contributed by atoms with van der Waals surface area (Å²) in [5.41, 5.74) is 0.0691. The number of benzene rings is 1. The van der Waals surface area contributed by atoms with E-state index in [0.29, 0.717) is 5.58 Å². The van der Waals surface area contributed by atoms with E-state index in [1.165, 1.54) is 0 Å². The first-order valence-electron chi connectivity index (χ1n) is 5.30. The molecule has 0 saturated heterocycles. The minimum absolute atomic E-state index is 0.192. The molecule has 0 aliphatic rings. The molecule has 0 saturated carbocycles. The molecule has 1 aromatic carbocycles. The smallest absolute Gasteiger partial charge is 0.379 e. The topological polar surface area (TPSA) is 39.4 Å². The number of fused-ring (bicyclic) bond motifs is 1. The third-order valence-electron chi connectivity index (χ3n) is 2.18. The Morgan fingerprint density at radius 3 is 2.76 bits per heavy atom. The quantitative estimate of drug-likeness (QED) is 0.622. The van der Waals surface area contributed by atoms with Crippen LogP contribution in [-0.4, -0.2) is 11.5 Å². The summed E-state index contributed by atoms with van der Waals surface area (Å²) in [4.78, 5) is 11.1. The summed E-state index contributed by atoms with van der Waals surface area (Å²) >= 11 is 6.00. The first-order chi connectivity index (χ1) is 7.96. The number of para-hydroxylation sites is 1. The normalized spacial score (nSPS) is 11.7. The molecular weight excluding hydrogens is 240 g/mol. The largest absolute Gasteiger partial charge is 0.485 e. The zero-order chi connectivity index (χ0) is 12.5. The fourth-order valence-corrected chi connectivity index (χ4v) is 1.45. The molecule has 0 N–H and O–H groups in total. The molecule has 0 bridgehead atoms. The van der Waals surface area contributed by atoms with Crippen molar-refractivity contribution in [2.75, 3.05) is 6.61 Å². The van der Waals surface area contributed by atoms with E-state index in [4.69, 9.17) is 20.8 Å². The fourth-order valence-electron chi connectivity index (χ4n) is 1.39. The Balaban J connectivity index is 2.35. The third kappa shape index (κ3) is 3.01. The van der Waals surface area contributed by atoms with Crippen LogP contribution in [-0.2, 0) is 0 Å². The molecule has 0 amide bonds. The predicted molar refractivity (Wildman–Crippen MR) is 67.9 cm³/mol. The van der Waals surface area contributed by atoms with Crippen LogP contribution < -0.4 is 10.4 Å². The molecule has 0 atom stereocenters. The molecule has 1 heterocycles.